The minimum atomic E-state index is -5.08. The smallest absolute Gasteiger partial charge is 0.475 e. The third-order valence-electron chi connectivity index (χ3n) is 5.33. The Labute approximate surface area is 181 Å². The number of nitrogens with zero attached hydrogens (tertiary/aromatic N) is 2. The van der Waals surface area contributed by atoms with Gasteiger partial charge in [0.25, 0.3) is 5.91 Å². The standard InChI is InChI=1S/C18H23N3O2S.C2HF3O2/c1-20-7-2-4-16(20)18(22)19-14-11-21(10-13-6-9-24-12-13)15-5-3-8-23-17(14)15;3-2(4,5)1(6)7/h2,4,6-7,9,12,14-15,17H,3,5,8,10-11H2,1H3,(H,19,22);(H,6,7)/t14-,15-,17-;/m1./s1. The molecular formula is C20H24F3N3O4S. The van der Waals surface area contributed by atoms with Gasteiger partial charge < -0.3 is 19.7 Å². The first-order valence-electron chi connectivity index (χ1n) is 9.76. The SMILES string of the molecule is Cn1cccc1C(=O)N[C@@H]1CN(Cc2ccsc2)[C@@H]2CCCO[C@@H]21.O=C(O)C(F)(F)F. The van der Waals surface area contributed by atoms with Gasteiger partial charge in [-0.3, -0.25) is 9.69 Å². The number of fused-ring (bicyclic) bond motifs is 1. The molecule has 0 saturated carbocycles. The van der Waals surface area contributed by atoms with Crippen molar-refractivity contribution in [2.75, 3.05) is 13.2 Å². The highest BCUT2D eigenvalue weighted by atomic mass is 32.1. The van der Waals surface area contributed by atoms with Crippen LogP contribution >= 0.6 is 11.3 Å². The number of ether oxygens (including phenoxy) is 1. The molecule has 0 aliphatic carbocycles. The Morgan fingerprint density at radius 1 is 1.35 bits per heavy atom. The minimum absolute atomic E-state index is 0.0159. The quantitative estimate of drug-likeness (QED) is 0.735. The number of carbonyl (C=O) groups is 2. The van der Waals surface area contributed by atoms with Gasteiger partial charge in [-0.05, 0) is 47.4 Å². The lowest BCUT2D eigenvalue weighted by atomic mass is 10.0. The number of nitrogens with one attached hydrogen (secondary N) is 1. The molecule has 2 aliphatic rings. The van der Waals surface area contributed by atoms with Crippen molar-refractivity contribution >= 4 is 23.2 Å². The number of aliphatic carboxylic acids is 1. The molecule has 0 radical (unpaired) electrons. The predicted molar refractivity (Wildman–Crippen MR) is 108 cm³/mol. The second kappa shape index (κ2) is 9.84. The van der Waals surface area contributed by atoms with Crippen LogP contribution < -0.4 is 5.32 Å². The third kappa shape index (κ3) is 5.86. The van der Waals surface area contributed by atoms with Gasteiger partial charge in [0, 0.05) is 39.0 Å². The average molecular weight is 459 g/mol. The van der Waals surface area contributed by atoms with Gasteiger partial charge in [-0.2, -0.15) is 24.5 Å². The fourth-order valence-electron chi connectivity index (χ4n) is 3.92. The Kier molecular flexibility index (Phi) is 7.39. The summed E-state index contributed by atoms with van der Waals surface area (Å²) in [4.78, 5) is 23.9. The van der Waals surface area contributed by atoms with Gasteiger partial charge in [-0.1, -0.05) is 0 Å². The highest BCUT2D eigenvalue weighted by molar-refractivity contribution is 7.07. The minimum Gasteiger partial charge on any atom is -0.475 e. The first-order chi connectivity index (χ1) is 14.7. The average Bonchev–Trinajstić information content (AvgIpc) is 3.44. The summed E-state index contributed by atoms with van der Waals surface area (Å²) >= 11 is 1.73. The highest BCUT2D eigenvalue weighted by Crippen LogP contribution is 2.30. The molecule has 170 valence electrons. The lowest BCUT2D eigenvalue weighted by molar-refractivity contribution is -0.192. The molecule has 2 aromatic heterocycles. The van der Waals surface area contributed by atoms with E-state index >= 15 is 0 Å². The molecule has 0 bridgehead atoms. The number of carbonyl (C=O) groups excluding carboxylic acids is 1. The van der Waals surface area contributed by atoms with E-state index in [-0.39, 0.29) is 18.1 Å². The zero-order valence-electron chi connectivity index (χ0n) is 16.8. The van der Waals surface area contributed by atoms with Crippen LogP contribution in [-0.2, 0) is 23.1 Å². The van der Waals surface area contributed by atoms with E-state index in [2.05, 4.69) is 27.0 Å². The summed E-state index contributed by atoms with van der Waals surface area (Å²) in [7, 11) is 1.90. The molecule has 2 N–H and O–H groups in total. The Bertz CT molecular complexity index is 885. The third-order valence-corrected chi connectivity index (χ3v) is 6.06. The van der Waals surface area contributed by atoms with Crippen molar-refractivity contribution in [3.63, 3.8) is 0 Å². The number of carboxylic acids is 1. The maximum atomic E-state index is 12.6. The van der Waals surface area contributed by atoms with Crippen LogP contribution in [0.5, 0.6) is 0 Å². The molecule has 7 nitrogen and oxygen atoms in total. The molecule has 1 amide bonds. The van der Waals surface area contributed by atoms with Crippen LogP contribution in [0.1, 0.15) is 28.9 Å². The van der Waals surface area contributed by atoms with Crippen LogP contribution in [0.15, 0.2) is 35.2 Å². The first kappa shape index (κ1) is 23.3. The fraction of sp³-hybridized carbons (Fsp3) is 0.500. The van der Waals surface area contributed by atoms with Gasteiger partial charge >= 0.3 is 12.1 Å². The van der Waals surface area contributed by atoms with Crippen LogP contribution in [0.3, 0.4) is 0 Å². The number of rotatable bonds is 4. The summed E-state index contributed by atoms with van der Waals surface area (Å²) in [6.45, 7) is 2.58. The van der Waals surface area contributed by atoms with Crippen molar-refractivity contribution in [2.45, 2.75) is 43.8 Å². The molecule has 31 heavy (non-hydrogen) atoms. The fourth-order valence-corrected chi connectivity index (χ4v) is 4.58. The van der Waals surface area contributed by atoms with Gasteiger partial charge in [0.05, 0.1) is 12.1 Å². The number of carboxylic acid groups (broad SMARTS) is 1. The molecular weight excluding hydrogens is 435 g/mol. The van der Waals surface area contributed by atoms with Crippen LogP contribution in [0, 0.1) is 0 Å². The van der Waals surface area contributed by atoms with E-state index in [4.69, 9.17) is 14.6 Å². The Hall–Kier alpha value is -2.37. The van der Waals surface area contributed by atoms with Crippen molar-refractivity contribution in [1.29, 1.82) is 0 Å². The van der Waals surface area contributed by atoms with E-state index in [9.17, 15) is 18.0 Å². The number of amides is 1. The summed E-state index contributed by atoms with van der Waals surface area (Å²) in [6.07, 6.45) is -0.848. The maximum Gasteiger partial charge on any atom is 0.490 e. The predicted octanol–water partition coefficient (Wildman–Crippen LogP) is 2.88. The number of thiophene rings is 1. The summed E-state index contributed by atoms with van der Waals surface area (Å²) in [6, 6.07) is 6.38. The van der Waals surface area contributed by atoms with Crippen LogP contribution in [0.25, 0.3) is 0 Å². The van der Waals surface area contributed by atoms with Crippen molar-refractivity contribution < 1.29 is 32.6 Å². The van der Waals surface area contributed by atoms with Crippen LogP contribution in [-0.4, -0.2) is 64.0 Å². The number of aromatic nitrogens is 1. The summed E-state index contributed by atoms with van der Waals surface area (Å²) < 4.78 is 39.6. The van der Waals surface area contributed by atoms with Crippen molar-refractivity contribution in [2.24, 2.45) is 7.05 Å². The largest absolute Gasteiger partial charge is 0.490 e. The number of hydrogen-bond donors (Lipinski definition) is 2. The lowest BCUT2D eigenvalue weighted by Crippen LogP contribution is -2.47. The molecule has 2 fully saturated rings. The van der Waals surface area contributed by atoms with Crippen LogP contribution in [0.2, 0.25) is 0 Å². The molecule has 2 saturated heterocycles. The number of alkyl halides is 3. The van der Waals surface area contributed by atoms with E-state index in [0.29, 0.717) is 11.7 Å². The summed E-state index contributed by atoms with van der Waals surface area (Å²) in [5.41, 5.74) is 2.04. The Morgan fingerprint density at radius 3 is 2.68 bits per heavy atom. The summed E-state index contributed by atoms with van der Waals surface area (Å²) in [5, 5.41) is 14.7. The van der Waals surface area contributed by atoms with Crippen molar-refractivity contribution in [3.8, 4) is 0 Å². The molecule has 0 unspecified atom stereocenters. The molecule has 4 rings (SSSR count). The zero-order valence-corrected chi connectivity index (χ0v) is 17.7. The molecule has 2 aromatic rings. The molecule has 0 spiro atoms. The van der Waals surface area contributed by atoms with E-state index in [1.807, 2.05) is 29.9 Å². The topological polar surface area (TPSA) is 83.8 Å². The molecule has 0 aromatic carbocycles. The highest BCUT2D eigenvalue weighted by Gasteiger charge is 2.44. The Morgan fingerprint density at radius 2 is 2.10 bits per heavy atom. The van der Waals surface area contributed by atoms with Crippen molar-refractivity contribution in [3.05, 3.63) is 46.4 Å². The molecule has 11 heteroatoms. The number of hydrogen-bond acceptors (Lipinski definition) is 5. The van der Waals surface area contributed by atoms with Gasteiger partial charge in [-0.25, -0.2) is 4.79 Å². The first-order valence-corrected chi connectivity index (χ1v) is 10.7. The lowest BCUT2D eigenvalue weighted by Gasteiger charge is -2.32. The van der Waals surface area contributed by atoms with E-state index in [1.165, 1.54) is 5.56 Å². The summed E-state index contributed by atoms with van der Waals surface area (Å²) in [5.74, 6) is -2.77. The molecule has 3 atom stereocenters. The maximum absolute atomic E-state index is 12.6. The monoisotopic (exact) mass is 459 g/mol. The van der Waals surface area contributed by atoms with E-state index < -0.39 is 12.1 Å². The molecule has 4 heterocycles. The number of aryl methyl sites for hydroxylation is 1. The second-order valence-corrected chi connectivity index (χ2v) is 8.27. The normalized spacial score (nSPS) is 23.5. The Balaban J connectivity index is 0.000000339. The zero-order chi connectivity index (χ0) is 22.6. The number of halogens is 3. The van der Waals surface area contributed by atoms with E-state index in [0.717, 1.165) is 32.5 Å². The number of likely N-dealkylation sites (tertiary alicyclic amines) is 1. The van der Waals surface area contributed by atoms with Crippen molar-refractivity contribution in [1.82, 2.24) is 14.8 Å². The van der Waals surface area contributed by atoms with Gasteiger partial charge in [0.15, 0.2) is 0 Å². The molecule has 2 aliphatic heterocycles. The van der Waals surface area contributed by atoms with Gasteiger partial charge in [-0.15, -0.1) is 0 Å². The van der Waals surface area contributed by atoms with Gasteiger partial charge in [0.1, 0.15) is 5.69 Å². The van der Waals surface area contributed by atoms with Crippen LogP contribution in [0.4, 0.5) is 13.2 Å². The van der Waals surface area contributed by atoms with Gasteiger partial charge in [0.2, 0.25) is 0 Å². The second-order valence-electron chi connectivity index (χ2n) is 7.49. The van der Waals surface area contributed by atoms with E-state index in [1.54, 1.807) is 11.3 Å².